The topological polar surface area (TPSA) is 51.5 Å². The van der Waals surface area contributed by atoms with E-state index >= 15 is 0 Å². The highest BCUT2D eigenvalue weighted by molar-refractivity contribution is 5.91. The lowest BCUT2D eigenvalue weighted by Gasteiger charge is -2.08. The Kier molecular flexibility index (Phi) is 6.21. The predicted molar refractivity (Wildman–Crippen MR) is 96.9 cm³/mol. The average Bonchev–Trinajstić information content (AvgIpc) is 3.16. The third kappa shape index (κ3) is 5.84. The molecule has 1 heterocycles. The van der Waals surface area contributed by atoms with E-state index in [1.54, 1.807) is 6.07 Å². The van der Waals surface area contributed by atoms with Gasteiger partial charge in [-0.2, -0.15) is 13.2 Å². The van der Waals surface area contributed by atoms with Crippen LogP contribution in [0.5, 0.6) is 5.75 Å². The lowest BCUT2D eigenvalue weighted by molar-refractivity contribution is -0.137. The summed E-state index contributed by atoms with van der Waals surface area (Å²) >= 11 is 0. The Bertz CT molecular complexity index is 947. The monoisotopic (exact) mass is 407 g/mol. The van der Waals surface area contributed by atoms with E-state index in [1.165, 1.54) is 42.5 Å². The molecule has 1 amide bonds. The molecule has 0 saturated heterocycles. The molecule has 0 fully saturated rings. The van der Waals surface area contributed by atoms with Gasteiger partial charge in [-0.1, -0.05) is 12.1 Å². The summed E-state index contributed by atoms with van der Waals surface area (Å²) in [4.78, 5) is 12.1. The minimum atomic E-state index is -4.37. The number of benzene rings is 2. The van der Waals surface area contributed by atoms with Gasteiger partial charge in [-0.25, -0.2) is 4.39 Å². The maximum absolute atomic E-state index is 12.9. The number of hydrogen-bond acceptors (Lipinski definition) is 3. The highest BCUT2D eigenvalue weighted by Crippen LogP contribution is 2.29. The molecule has 1 aromatic heterocycles. The van der Waals surface area contributed by atoms with Gasteiger partial charge in [0.25, 0.3) is 5.91 Å². The van der Waals surface area contributed by atoms with Crippen LogP contribution in [0.25, 0.3) is 0 Å². The molecule has 4 nitrogen and oxygen atoms in total. The maximum Gasteiger partial charge on any atom is 0.416 e. The summed E-state index contributed by atoms with van der Waals surface area (Å²) < 4.78 is 61.3. The van der Waals surface area contributed by atoms with E-state index in [2.05, 4.69) is 5.32 Å². The Morgan fingerprint density at radius 1 is 0.966 bits per heavy atom. The van der Waals surface area contributed by atoms with Gasteiger partial charge in [0.05, 0.1) is 5.56 Å². The van der Waals surface area contributed by atoms with Crippen LogP contribution in [-0.4, -0.2) is 12.5 Å². The Hall–Kier alpha value is -3.29. The molecule has 0 bridgehead atoms. The van der Waals surface area contributed by atoms with Crippen molar-refractivity contribution in [3.8, 4) is 5.75 Å². The van der Waals surface area contributed by atoms with Gasteiger partial charge in [0.1, 0.15) is 23.9 Å². The number of carbonyl (C=O) groups is 1. The molecule has 0 spiro atoms. The van der Waals surface area contributed by atoms with Crippen LogP contribution < -0.4 is 10.1 Å². The first-order valence-corrected chi connectivity index (χ1v) is 8.73. The van der Waals surface area contributed by atoms with E-state index in [4.69, 9.17) is 9.15 Å². The van der Waals surface area contributed by atoms with Gasteiger partial charge in [0, 0.05) is 6.54 Å². The van der Waals surface area contributed by atoms with Crippen molar-refractivity contribution in [2.75, 3.05) is 6.54 Å². The van der Waals surface area contributed by atoms with Crippen molar-refractivity contribution >= 4 is 5.91 Å². The van der Waals surface area contributed by atoms with Gasteiger partial charge >= 0.3 is 6.18 Å². The quantitative estimate of drug-likeness (QED) is 0.562. The molecule has 3 aromatic rings. The zero-order chi connectivity index (χ0) is 20.9. The van der Waals surface area contributed by atoms with Crippen LogP contribution in [0.1, 0.15) is 27.4 Å². The first kappa shape index (κ1) is 20.4. The molecule has 0 atom stereocenters. The number of nitrogens with one attached hydrogen (secondary N) is 1. The highest BCUT2D eigenvalue weighted by atomic mass is 19.4. The molecular weight excluding hydrogens is 390 g/mol. The van der Waals surface area contributed by atoms with Crippen molar-refractivity contribution in [1.82, 2.24) is 5.32 Å². The Morgan fingerprint density at radius 2 is 1.66 bits per heavy atom. The van der Waals surface area contributed by atoms with Crippen LogP contribution in [0.4, 0.5) is 17.6 Å². The fraction of sp³-hybridized carbons (Fsp3) is 0.190. The number of hydrogen-bond donors (Lipinski definition) is 1. The maximum atomic E-state index is 12.9. The van der Waals surface area contributed by atoms with Gasteiger partial charge in [0.2, 0.25) is 0 Å². The smallest absolute Gasteiger partial charge is 0.416 e. The van der Waals surface area contributed by atoms with Crippen LogP contribution >= 0.6 is 0 Å². The first-order chi connectivity index (χ1) is 13.8. The third-order valence-electron chi connectivity index (χ3n) is 4.06. The van der Waals surface area contributed by atoms with Gasteiger partial charge in [-0.3, -0.25) is 4.79 Å². The fourth-order valence-electron chi connectivity index (χ4n) is 2.53. The summed E-state index contributed by atoms with van der Waals surface area (Å²) in [6.45, 7) is 0.316. The Balaban J connectivity index is 1.45. The first-order valence-electron chi connectivity index (χ1n) is 8.73. The third-order valence-corrected chi connectivity index (χ3v) is 4.06. The summed E-state index contributed by atoms with van der Waals surface area (Å²) in [6.07, 6.45) is -3.99. The van der Waals surface area contributed by atoms with Gasteiger partial charge in [0.15, 0.2) is 5.76 Å². The second-order valence-electron chi connectivity index (χ2n) is 6.21. The zero-order valence-electron chi connectivity index (χ0n) is 15.1. The van der Waals surface area contributed by atoms with Crippen LogP contribution in [0, 0.1) is 5.82 Å². The van der Waals surface area contributed by atoms with E-state index in [0.29, 0.717) is 23.5 Å². The standard InChI is InChI=1S/C21H17F4NO3/c22-16-5-7-17(8-6-16)28-13-18-9-10-19(29-18)20(27)26-12-11-14-1-3-15(4-2-14)21(23,24)25/h1-10H,11-13H2,(H,26,27). The summed E-state index contributed by atoms with van der Waals surface area (Å²) in [5.41, 5.74) is -0.0395. The predicted octanol–water partition coefficient (Wildman–Crippen LogP) is 4.99. The number of carbonyl (C=O) groups excluding carboxylic acids is 1. The van der Waals surface area contributed by atoms with Gasteiger partial charge in [-0.05, 0) is 60.5 Å². The number of ether oxygens (including phenoxy) is 1. The van der Waals surface area contributed by atoms with Gasteiger partial charge < -0.3 is 14.5 Å². The molecule has 152 valence electrons. The second kappa shape index (κ2) is 8.81. The molecule has 8 heteroatoms. The minimum Gasteiger partial charge on any atom is -0.486 e. The zero-order valence-corrected chi connectivity index (χ0v) is 15.1. The molecule has 0 aliphatic heterocycles. The summed E-state index contributed by atoms with van der Waals surface area (Å²) in [5, 5.41) is 2.65. The van der Waals surface area contributed by atoms with E-state index in [1.807, 2.05) is 0 Å². The fourth-order valence-corrected chi connectivity index (χ4v) is 2.53. The highest BCUT2D eigenvalue weighted by Gasteiger charge is 2.29. The van der Waals surface area contributed by atoms with Crippen LogP contribution in [-0.2, 0) is 19.2 Å². The average molecular weight is 407 g/mol. The lowest BCUT2D eigenvalue weighted by Crippen LogP contribution is -2.25. The van der Waals surface area contributed by atoms with Crippen LogP contribution in [0.3, 0.4) is 0 Å². The van der Waals surface area contributed by atoms with Crippen molar-refractivity contribution in [3.05, 3.63) is 89.1 Å². The number of alkyl halides is 3. The molecule has 0 saturated carbocycles. The second-order valence-corrected chi connectivity index (χ2v) is 6.21. The Morgan fingerprint density at radius 3 is 2.31 bits per heavy atom. The normalized spacial score (nSPS) is 11.3. The molecule has 0 aliphatic carbocycles. The molecule has 1 N–H and O–H groups in total. The number of rotatable bonds is 7. The van der Waals surface area contributed by atoms with E-state index in [9.17, 15) is 22.4 Å². The molecular formula is C21H17F4NO3. The lowest BCUT2D eigenvalue weighted by atomic mass is 10.1. The van der Waals surface area contributed by atoms with Crippen molar-refractivity contribution in [2.45, 2.75) is 19.2 Å². The van der Waals surface area contributed by atoms with Crippen LogP contribution in [0.15, 0.2) is 65.1 Å². The van der Waals surface area contributed by atoms with Crippen molar-refractivity contribution in [2.24, 2.45) is 0 Å². The number of amides is 1. The Labute approximate surface area is 164 Å². The SMILES string of the molecule is O=C(NCCc1ccc(C(F)(F)F)cc1)c1ccc(COc2ccc(F)cc2)o1. The van der Waals surface area contributed by atoms with Crippen molar-refractivity contribution in [3.63, 3.8) is 0 Å². The molecule has 0 radical (unpaired) electrons. The van der Waals surface area contributed by atoms with Crippen LogP contribution in [0.2, 0.25) is 0 Å². The summed E-state index contributed by atoms with van der Waals surface area (Å²) in [5.74, 6) is 0.165. The minimum absolute atomic E-state index is 0.0739. The largest absolute Gasteiger partial charge is 0.486 e. The molecule has 0 unspecified atom stereocenters. The molecule has 0 aliphatic rings. The van der Waals surface area contributed by atoms with Crippen molar-refractivity contribution < 1.29 is 31.5 Å². The molecule has 3 rings (SSSR count). The van der Waals surface area contributed by atoms with Crippen molar-refractivity contribution in [1.29, 1.82) is 0 Å². The number of furan rings is 1. The van der Waals surface area contributed by atoms with Gasteiger partial charge in [-0.15, -0.1) is 0 Å². The molecule has 2 aromatic carbocycles. The van der Waals surface area contributed by atoms with E-state index < -0.39 is 17.6 Å². The van der Waals surface area contributed by atoms with E-state index in [0.717, 1.165) is 12.1 Å². The summed E-state index contributed by atoms with van der Waals surface area (Å²) in [7, 11) is 0. The molecule has 29 heavy (non-hydrogen) atoms. The summed E-state index contributed by atoms with van der Waals surface area (Å²) in [6, 6.07) is 13.4. The number of halogens is 4. The van der Waals surface area contributed by atoms with E-state index in [-0.39, 0.29) is 24.7 Å².